The van der Waals surface area contributed by atoms with Crippen LogP contribution >= 0.6 is 0 Å². The minimum absolute atomic E-state index is 0.267. The van der Waals surface area contributed by atoms with Crippen molar-refractivity contribution in [3.8, 4) is 0 Å². The maximum atomic E-state index is 12.5. The highest BCUT2D eigenvalue weighted by atomic mass is 32.2. The van der Waals surface area contributed by atoms with Gasteiger partial charge in [0.15, 0.2) is 0 Å². The number of nitrogens with one attached hydrogen (secondary N) is 1. The van der Waals surface area contributed by atoms with Crippen molar-refractivity contribution in [3.63, 3.8) is 0 Å². The third kappa shape index (κ3) is 3.09. The van der Waals surface area contributed by atoms with Crippen LogP contribution in [-0.4, -0.2) is 54.4 Å². The van der Waals surface area contributed by atoms with E-state index in [-0.39, 0.29) is 5.56 Å². The second kappa shape index (κ2) is 6.30. The molecule has 1 amide bonds. The first-order valence-electron chi connectivity index (χ1n) is 8.59. The monoisotopic (exact) mass is 363 g/mol. The van der Waals surface area contributed by atoms with E-state index in [0.29, 0.717) is 18.6 Å². The van der Waals surface area contributed by atoms with Gasteiger partial charge in [0.1, 0.15) is 0 Å². The summed E-state index contributed by atoms with van der Waals surface area (Å²) in [5.41, 5.74) is 1.91. The van der Waals surface area contributed by atoms with Crippen LogP contribution in [0.4, 0.5) is 5.69 Å². The quantitative estimate of drug-likeness (QED) is 0.876. The average Bonchev–Trinajstić information content (AvgIpc) is 3.33. The first-order valence-corrected chi connectivity index (χ1v) is 10.0. The van der Waals surface area contributed by atoms with Gasteiger partial charge in [0, 0.05) is 38.1 Å². The van der Waals surface area contributed by atoms with Crippen LogP contribution in [0.2, 0.25) is 0 Å². The van der Waals surface area contributed by atoms with Gasteiger partial charge in [-0.05, 0) is 37.8 Å². The zero-order chi connectivity index (χ0) is 17.4. The zero-order valence-electron chi connectivity index (χ0n) is 13.9. The minimum Gasteiger partial charge on any atom is -0.371 e. The van der Waals surface area contributed by atoms with Gasteiger partial charge >= 0.3 is 10.2 Å². The molecular weight excluding hydrogens is 342 g/mol. The van der Waals surface area contributed by atoms with Crippen LogP contribution in [0.15, 0.2) is 24.5 Å². The maximum absolute atomic E-state index is 12.5. The minimum atomic E-state index is -3.79. The number of hydrogen-bond acceptors (Lipinski definition) is 5. The van der Waals surface area contributed by atoms with E-state index in [2.05, 4.69) is 14.7 Å². The van der Waals surface area contributed by atoms with Gasteiger partial charge in [-0.2, -0.15) is 17.8 Å². The number of fused-ring (bicyclic) bond motifs is 1. The molecule has 2 saturated heterocycles. The van der Waals surface area contributed by atoms with Crippen molar-refractivity contribution in [2.45, 2.75) is 25.7 Å². The molecule has 0 aliphatic carbocycles. The number of carbonyl (C=O) groups is 1. The molecule has 2 aliphatic rings. The summed E-state index contributed by atoms with van der Waals surface area (Å²) in [6, 6.07) is 3.86. The van der Waals surface area contributed by atoms with Crippen molar-refractivity contribution in [3.05, 3.63) is 30.1 Å². The van der Waals surface area contributed by atoms with E-state index < -0.39 is 16.1 Å². The molecule has 8 nitrogen and oxygen atoms in total. The van der Waals surface area contributed by atoms with Gasteiger partial charge in [0.25, 0.3) is 5.91 Å². The first-order chi connectivity index (χ1) is 12.0. The van der Waals surface area contributed by atoms with Gasteiger partial charge in [0.05, 0.1) is 17.3 Å². The van der Waals surface area contributed by atoms with Gasteiger partial charge < -0.3 is 4.90 Å². The van der Waals surface area contributed by atoms with Crippen molar-refractivity contribution in [2.24, 2.45) is 0 Å². The highest BCUT2D eigenvalue weighted by molar-refractivity contribution is 7.87. The largest absolute Gasteiger partial charge is 0.371 e. The molecule has 0 spiro atoms. The Hall–Kier alpha value is -2.13. The van der Waals surface area contributed by atoms with E-state index in [4.69, 9.17) is 0 Å². The molecule has 0 bridgehead atoms. The number of carbonyl (C=O) groups excluding carboxylic acids is 1. The molecule has 0 atom stereocenters. The molecule has 1 N–H and O–H groups in total. The molecule has 0 aromatic carbocycles. The number of nitrogens with zero attached hydrogens (tertiary/aromatic N) is 4. The standard InChI is InChI=1S/C16H21N5O3S/c22-16(18-25(23,24)20-8-3-4-9-20)14-12-17-21-10-5-13(11-15(14)21)19-6-1-2-7-19/h5,10-12H,1-4,6-9H2,(H,18,22). The molecule has 0 radical (unpaired) electrons. The molecule has 0 unspecified atom stereocenters. The summed E-state index contributed by atoms with van der Waals surface area (Å²) in [4.78, 5) is 14.8. The average molecular weight is 363 g/mol. The normalized spacial score (nSPS) is 19.0. The van der Waals surface area contributed by atoms with Crippen LogP contribution in [0, 0.1) is 0 Å². The van der Waals surface area contributed by atoms with Crippen LogP contribution < -0.4 is 9.62 Å². The highest BCUT2D eigenvalue weighted by Crippen LogP contribution is 2.23. The van der Waals surface area contributed by atoms with Crippen molar-refractivity contribution >= 4 is 27.3 Å². The predicted octanol–water partition coefficient (Wildman–Crippen LogP) is 1.00. The highest BCUT2D eigenvalue weighted by Gasteiger charge is 2.28. The summed E-state index contributed by atoms with van der Waals surface area (Å²) in [5.74, 6) is -0.638. The molecule has 4 heterocycles. The molecule has 2 fully saturated rings. The summed E-state index contributed by atoms with van der Waals surface area (Å²) in [6.45, 7) is 2.90. The van der Waals surface area contributed by atoms with Crippen LogP contribution in [0.3, 0.4) is 0 Å². The Bertz CT molecular complexity index is 896. The number of rotatable bonds is 4. The molecule has 4 rings (SSSR count). The van der Waals surface area contributed by atoms with Crippen LogP contribution in [0.25, 0.3) is 5.52 Å². The van der Waals surface area contributed by atoms with Crippen LogP contribution in [0.5, 0.6) is 0 Å². The van der Waals surface area contributed by atoms with Crippen molar-refractivity contribution < 1.29 is 13.2 Å². The topological polar surface area (TPSA) is 87.0 Å². The molecule has 2 aromatic heterocycles. The Labute approximate surface area is 146 Å². The van der Waals surface area contributed by atoms with Crippen LogP contribution in [-0.2, 0) is 10.2 Å². The molecule has 25 heavy (non-hydrogen) atoms. The molecule has 2 aromatic rings. The number of pyridine rings is 1. The molecular formula is C16H21N5O3S. The Morgan fingerprint density at radius 1 is 1.08 bits per heavy atom. The van der Waals surface area contributed by atoms with E-state index in [1.54, 1.807) is 10.7 Å². The van der Waals surface area contributed by atoms with Gasteiger partial charge in [-0.15, -0.1) is 0 Å². The Morgan fingerprint density at radius 2 is 1.76 bits per heavy atom. The Morgan fingerprint density at radius 3 is 2.48 bits per heavy atom. The van der Waals surface area contributed by atoms with E-state index in [0.717, 1.165) is 44.5 Å². The summed E-state index contributed by atoms with van der Waals surface area (Å²) in [5, 5.41) is 4.16. The first kappa shape index (κ1) is 16.3. The zero-order valence-corrected chi connectivity index (χ0v) is 14.7. The number of aromatic nitrogens is 2. The summed E-state index contributed by atoms with van der Waals surface area (Å²) < 4.78 is 29.7. The summed E-state index contributed by atoms with van der Waals surface area (Å²) in [7, 11) is -3.79. The molecule has 2 aliphatic heterocycles. The van der Waals surface area contributed by atoms with E-state index in [9.17, 15) is 13.2 Å². The number of amides is 1. The van der Waals surface area contributed by atoms with Crippen molar-refractivity contribution in [2.75, 3.05) is 31.1 Å². The number of anilines is 1. The second-order valence-electron chi connectivity index (χ2n) is 6.51. The van der Waals surface area contributed by atoms with E-state index in [1.165, 1.54) is 10.5 Å². The summed E-state index contributed by atoms with van der Waals surface area (Å²) >= 11 is 0. The van der Waals surface area contributed by atoms with Crippen LogP contribution in [0.1, 0.15) is 36.0 Å². The van der Waals surface area contributed by atoms with Gasteiger partial charge in [-0.25, -0.2) is 9.24 Å². The lowest BCUT2D eigenvalue weighted by Gasteiger charge is -2.18. The van der Waals surface area contributed by atoms with Gasteiger partial charge in [0.2, 0.25) is 0 Å². The lowest BCUT2D eigenvalue weighted by atomic mass is 10.2. The lowest BCUT2D eigenvalue weighted by Crippen LogP contribution is -2.42. The predicted molar refractivity (Wildman–Crippen MR) is 93.8 cm³/mol. The third-order valence-corrected chi connectivity index (χ3v) is 6.34. The smallest absolute Gasteiger partial charge is 0.304 e. The van der Waals surface area contributed by atoms with Gasteiger partial charge in [-0.3, -0.25) is 4.79 Å². The van der Waals surface area contributed by atoms with E-state index >= 15 is 0 Å². The summed E-state index contributed by atoms with van der Waals surface area (Å²) in [6.07, 6.45) is 7.18. The second-order valence-corrected chi connectivity index (χ2v) is 8.18. The lowest BCUT2D eigenvalue weighted by molar-refractivity contribution is 0.0981. The fourth-order valence-corrected chi connectivity index (χ4v) is 4.69. The molecule has 0 saturated carbocycles. The fraction of sp³-hybridized carbons (Fsp3) is 0.500. The SMILES string of the molecule is O=C(NS(=O)(=O)N1CCCC1)c1cnn2ccc(N3CCCC3)cc12. The molecule has 134 valence electrons. The Balaban J connectivity index is 1.61. The fourth-order valence-electron chi connectivity index (χ4n) is 3.48. The van der Waals surface area contributed by atoms with Gasteiger partial charge in [-0.1, -0.05) is 0 Å². The van der Waals surface area contributed by atoms with Crippen molar-refractivity contribution in [1.82, 2.24) is 18.6 Å². The molecule has 9 heteroatoms. The third-order valence-electron chi connectivity index (χ3n) is 4.85. The Kier molecular flexibility index (Phi) is 4.12. The maximum Gasteiger partial charge on any atom is 0.304 e. The van der Waals surface area contributed by atoms with E-state index in [1.807, 2.05) is 12.1 Å². The number of hydrogen-bond donors (Lipinski definition) is 1. The van der Waals surface area contributed by atoms with Crippen molar-refractivity contribution in [1.29, 1.82) is 0 Å².